The molecule has 0 bridgehead atoms. The molecule has 1 aliphatic heterocycles. The van der Waals surface area contributed by atoms with Gasteiger partial charge < -0.3 is 14.8 Å². The molecule has 0 aliphatic carbocycles. The van der Waals surface area contributed by atoms with Crippen molar-refractivity contribution in [3.8, 4) is 11.5 Å². The lowest BCUT2D eigenvalue weighted by atomic mass is 9.96. The number of rotatable bonds is 3. The van der Waals surface area contributed by atoms with Crippen LogP contribution in [0.4, 0.5) is 0 Å². The van der Waals surface area contributed by atoms with Crippen LogP contribution in [-0.4, -0.2) is 20.8 Å². The lowest BCUT2D eigenvalue weighted by Gasteiger charge is -2.30. The fourth-order valence-electron chi connectivity index (χ4n) is 1.79. The molecule has 0 amide bonds. The van der Waals surface area contributed by atoms with Gasteiger partial charge in [0, 0.05) is 10.5 Å². The molecule has 1 saturated heterocycles. The zero-order valence-corrected chi connectivity index (χ0v) is 10.4. The maximum Gasteiger partial charge on any atom is 0.128 e. The smallest absolute Gasteiger partial charge is 0.128 e. The average molecular weight is 272 g/mol. The minimum absolute atomic E-state index is 0.364. The Morgan fingerprint density at radius 2 is 1.80 bits per heavy atom. The molecule has 1 aromatic carbocycles. The van der Waals surface area contributed by atoms with E-state index >= 15 is 0 Å². The van der Waals surface area contributed by atoms with Crippen LogP contribution in [0.3, 0.4) is 0 Å². The van der Waals surface area contributed by atoms with Gasteiger partial charge in [-0.2, -0.15) is 0 Å². The number of nitrogens with one attached hydrogen (secondary N) is 1. The highest BCUT2D eigenvalue weighted by Gasteiger charge is 2.26. The van der Waals surface area contributed by atoms with E-state index in [1.165, 1.54) is 0 Å². The molecule has 15 heavy (non-hydrogen) atoms. The number of methoxy groups -OCH3 is 2. The number of benzene rings is 1. The van der Waals surface area contributed by atoms with Crippen LogP contribution in [0.25, 0.3) is 0 Å². The number of halogens is 1. The zero-order chi connectivity index (χ0) is 10.8. The summed E-state index contributed by atoms with van der Waals surface area (Å²) in [5, 5.41) is 3.36. The Morgan fingerprint density at radius 3 is 2.13 bits per heavy atom. The third kappa shape index (κ3) is 1.96. The zero-order valence-electron chi connectivity index (χ0n) is 8.84. The van der Waals surface area contributed by atoms with E-state index in [9.17, 15) is 0 Å². The number of ether oxygens (including phenoxy) is 2. The second-order valence-electron chi connectivity index (χ2n) is 3.52. The highest BCUT2D eigenvalue weighted by Crippen LogP contribution is 2.40. The van der Waals surface area contributed by atoms with Gasteiger partial charge in [0.05, 0.1) is 19.8 Å². The molecule has 4 heteroatoms. The van der Waals surface area contributed by atoms with E-state index in [0.29, 0.717) is 6.04 Å². The quantitative estimate of drug-likeness (QED) is 0.917. The van der Waals surface area contributed by atoms with E-state index in [4.69, 9.17) is 9.47 Å². The Bertz CT molecular complexity index is 339. The van der Waals surface area contributed by atoms with Gasteiger partial charge in [-0.1, -0.05) is 15.9 Å². The first-order valence-corrected chi connectivity index (χ1v) is 5.70. The molecule has 2 rings (SSSR count). The summed E-state index contributed by atoms with van der Waals surface area (Å²) in [5.74, 6) is 1.75. The first kappa shape index (κ1) is 10.8. The summed E-state index contributed by atoms with van der Waals surface area (Å²) < 4.78 is 11.7. The van der Waals surface area contributed by atoms with Gasteiger partial charge >= 0.3 is 0 Å². The van der Waals surface area contributed by atoms with Crippen molar-refractivity contribution in [3.05, 3.63) is 22.2 Å². The van der Waals surface area contributed by atoms with E-state index in [1.54, 1.807) is 14.2 Å². The van der Waals surface area contributed by atoms with Crippen LogP contribution < -0.4 is 14.8 Å². The second-order valence-corrected chi connectivity index (χ2v) is 4.44. The number of hydrogen-bond acceptors (Lipinski definition) is 3. The molecule has 0 spiro atoms. The van der Waals surface area contributed by atoms with Crippen molar-refractivity contribution in [1.82, 2.24) is 5.32 Å². The molecule has 0 radical (unpaired) electrons. The maximum atomic E-state index is 5.38. The highest BCUT2D eigenvalue weighted by molar-refractivity contribution is 9.10. The summed E-state index contributed by atoms with van der Waals surface area (Å²) >= 11 is 3.44. The lowest BCUT2D eigenvalue weighted by molar-refractivity contribution is 0.330. The molecule has 1 aromatic rings. The van der Waals surface area contributed by atoms with Gasteiger partial charge in [-0.15, -0.1) is 0 Å². The van der Waals surface area contributed by atoms with Crippen molar-refractivity contribution in [2.45, 2.75) is 12.5 Å². The summed E-state index contributed by atoms with van der Waals surface area (Å²) in [6, 6.07) is 4.30. The van der Waals surface area contributed by atoms with Crippen molar-refractivity contribution in [2.24, 2.45) is 0 Å². The van der Waals surface area contributed by atoms with Gasteiger partial charge in [-0.25, -0.2) is 0 Å². The fraction of sp³-hybridized carbons (Fsp3) is 0.455. The van der Waals surface area contributed by atoms with Crippen molar-refractivity contribution in [1.29, 1.82) is 0 Å². The van der Waals surface area contributed by atoms with Gasteiger partial charge in [-0.05, 0) is 25.1 Å². The van der Waals surface area contributed by atoms with Gasteiger partial charge in [0.1, 0.15) is 11.5 Å². The van der Waals surface area contributed by atoms with Crippen LogP contribution in [0.15, 0.2) is 16.6 Å². The normalized spacial score (nSPS) is 19.5. The van der Waals surface area contributed by atoms with Gasteiger partial charge in [-0.3, -0.25) is 0 Å². The predicted octanol–water partition coefficient (Wildman–Crippen LogP) is 2.50. The molecule has 3 nitrogen and oxygen atoms in total. The van der Waals surface area contributed by atoms with E-state index in [-0.39, 0.29) is 0 Å². The molecule has 1 aliphatic rings. The fourth-order valence-corrected chi connectivity index (χ4v) is 2.20. The standard InChI is InChI=1S/C11H14BrNO2/c1-14-9-5-7(12)6-10(15-2)11(9)8-3-4-13-8/h5-6,8,13H,3-4H2,1-2H3. The third-order valence-corrected chi connectivity index (χ3v) is 3.14. The highest BCUT2D eigenvalue weighted by atomic mass is 79.9. The van der Waals surface area contributed by atoms with Crippen LogP contribution >= 0.6 is 15.9 Å². The molecule has 0 aromatic heterocycles. The molecule has 1 atom stereocenters. The predicted molar refractivity (Wildman–Crippen MR) is 62.6 cm³/mol. The van der Waals surface area contributed by atoms with E-state index in [0.717, 1.165) is 34.5 Å². The molecule has 0 saturated carbocycles. The monoisotopic (exact) mass is 271 g/mol. The summed E-state index contributed by atoms with van der Waals surface area (Å²) in [6.45, 7) is 1.06. The third-order valence-electron chi connectivity index (χ3n) is 2.68. The van der Waals surface area contributed by atoms with Crippen molar-refractivity contribution in [2.75, 3.05) is 20.8 Å². The van der Waals surface area contributed by atoms with Crippen LogP contribution in [0.5, 0.6) is 11.5 Å². The Kier molecular flexibility index (Phi) is 3.17. The Morgan fingerprint density at radius 1 is 1.27 bits per heavy atom. The molecule has 82 valence electrons. The molecule has 1 fully saturated rings. The first-order valence-electron chi connectivity index (χ1n) is 4.91. The van der Waals surface area contributed by atoms with Gasteiger partial charge in [0.15, 0.2) is 0 Å². The topological polar surface area (TPSA) is 30.5 Å². The lowest BCUT2D eigenvalue weighted by Crippen LogP contribution is -2.35. The molecule has 1 N–H and O–H groups in total. The maximum absolute atomic E-state index is 5.38. The Balaban J connectivity index is 2.46. The first-order chi connectivity index (χ1) is 7.26. The summed E-state index contributed by atoms with van der Waals surface area (Å²) in [4.78, 5) is 0. The van der Waals surface area contributed by atoms with E-state index in [2.05, 4.69) is 21.2 Å². The molecular formula is C11H14BrNO2. The second kappa shape index (κ2) is 4.41. The largest absolute Gasteiger partial charge is 0.496 e. The minimum atomic E-state index is 0.364. The molecule has 1 heterocycles. The van der Waals surface area contributed by atoms with Crippen LogP contribution in [0.2, 0.25) is 0 Å². The SMILES string of the molecule is COc1cc(Br)cc(OC)c1C1CCN1. The van der Waals surface area contributed by atoms with Crippen LogP contribution in [-0.2, 0) is 0 Å². The minimum Gasteiger partial charge on any atom is -0.496 e. The average Bonchev–Trinajstić information content (AvgIpc) is 2.17. The van der Waals surface area contributed by atoms with Crippen molar-refractivity contribution >= 4 is 15.9 Å². The van der Waals surface area contributed by atoms with Crippen LogP contribution in [0, 0.1) is 0 Å². The summed E-state index contributed by atoms with van der Waals surface area (Å²) in [6.07, 6.45) is 1.13. The Labute approximate surface area is 97.9 Å². The van der Waals surface area contributed by atoms with Crippen molar-refractivity contribution in [3.63, 3.8) is 0 Å². The van der Waals surface area contributed by atoms with E-state index in [1.807, 2.05) is 12.1 Å². The number of hydrogen-bond donors (Lipinski definition) is 1. The summed E-state index contributed by atoms with van der Waals surface area (Å²) in [7, 11) is 3.37. The van der Waals surface area contributed by atoms with Crippen LogP contribution in [0.1, 0.15) is 18.0 Å². The van der Waals surface area contributed by atoms with Crippen molar-refractivity contribution < 1.29 is 9.47 Å². The van der Waals surface area contributed by atoms with Gasteiger partial charge in [0.25, 0.3) is 0 Å². The summed E-state index contributed by atoms with van der Waals surface area (Å²) in [5.41, 5.74) is 1.12. The molecule has 1 unspecified atom stereocenters. The van der Waals surface area contributed by atoms with E-state index < -0.39 is 0 Å². The van der Waals surface area contributed by atoms with Gasteiger partial charge in [0.2, 0.25) is 0 Å². The molecular weight excluding hydrogens is 258 g/mol. The Hall–Kier alpha value is -0.740.